The van der Waals surface area contributed by atoms with E-state index in [0.717, 1.165) is 6.07 Å². The van der Waals surface area contributed by atoms with Gasteiger partial charge in [-0.1, -0.05) is 6.92 Å². The highest BCUT2D eigenvalue weighted by atomic mass is 32.2. The third-order valence-corrected chi connectivity index (χ3v) is 5.42. The molecule has 0 amide bonds. The molecule has 0 saturated carbocycles. The number of aryl methyl sites for hydroxylation is 1. The van der Waals surface area contributed by atoms with Gasteiger partial charge >= 0.3 is 6.18 Å². The molecule has 0 saturated heterocycles. The summed E-state index contributed by atoms with van der Waals surface area (Å²) in [6.07, 6.45) is -3.31. The van der Waals surface area contributed by atoms with Crippen molar-refractivity contribution >= 4 is 22.0 Å². The molecule has 0 fully saturated rings. The maximum atomic E-state index is 12.9. The second-order valence-corrected chi connectivity index (χ2v) is 8.51. The summed E-state index contributed by atoms with van der Waals surface area (Å²) in [6, 6.07) is 4.29. The summed E-state index contributed by atoms with van der Waals surface area (Å²) >= 11 is 0. The van der Waals surface area contributed by atoms with E-state index in [1.54, 1.807) is 27.8 Å². The predicted octanol–water partition coefficient (Wildman–Crippen LogP) is 3.25. The molecule has 1 atom stereocenters. The van der Waals surface area contributed by atoms with Gasteiger partial charge in [-0.05, 0) is 13.8 Å². The van der Waals surface area contributed by atoms with Gasteiger partial charge in [0.25, 0.3) is 0 Å². The van der Waals surface area contributed by atoms with E-state index < -0.39 is 28.3 Å². The summed E-state index contributed by atoms with van der Waals surface area (Å²) in [5, 5.41) is 16.0. The van der Waals surface area contributed by atoms with Crippen LogP contribution in [0, 0.1) is 11.3 Å². The maximum absolute atomic E-state index is 12.9. The lowest BCUT2D eigenvalue weighted by atomic mass is 10.2. The van der Waals surface area contributed by atoms with Crippen molar-refractivity contribution in [3.63, 3.8) is 0 Å². The first kappa shape index (κ1) is 21.6. The lowest BCUT2D eigenvalue weighted by molar-refractivity contribution is -0.141. The fraction of sp³-hybridized carbons (Fsp3) is 0.389. The zero-order chi connectivity index (χ0) is 22.3. The minimum atomic E-state index is -4.65. The van der Waals surface area contributed by atoms with Crippen LogP contribution in [0.3, 0.4) is 0 Å². The van der Waals surface area contributed by atoms with Gasteiger partial charge in [0.05, 0.1) is 21.9 Å². The summed E-state index contributed by atoms with van der Waals surface area (Å²) in [5.74, 6) is 0.684. The Morgan fingerprint density at radius 2 is 1.97 bits per heavy atom. The van der Waals surface area contributed by atoms with E-state index in [2.05, 4.69) is 20.2 Å². The van der Waals surface area contributed by atoms with Gasteiger partial charge in [0.15, 0.2) is 22.8 Å². The topological polar surface area (TPSA) is 107 Å². The molecule has 0 aliphatic rings. The number of fused-ring (bicyclic) bond motifs is 1. The number of nitriles is 1. The Morgan fingerprint density at radius 1 is 1.27 bits per heavy atom. The zero-order valence-electron chi connectivity index (χ0n) is 16.5. The first-order valence-electron chi connectivity index (χ1n) is 8.73. The summed E-state index contributed by atoms with van der Waals surface area (Å²) in [4.78, 5) is 8.79. The molecule has 0 unspecified atom stereocenters. The fourth-order valence-electron chi connectivity index (χ4n) is 2.63. The highest BCUT2D eigenvalue weighted by Crippen LogP contribution is 2.32. The van der Waals surface area contributed by atoms with Crippen LogP contribution in [0.1, 0.15) is 26.5 Å². The number of pyridine rings is 1. The van der Waals surface area contributed by atoms with E-state index in [1.165, 1.54) is 16.8 Å². The van der Waals surface area contributed by atoms with Gasteiger partial charge in [0.1, 0.15) is 23.0 Å². The van der Waals surface area contributed by atoms with Crippen molar-refractivity contribution in [3.8, 4) is 23.3 Å². The first-order valence-corrected chi connectivity index (χ1v) is 10.0. The van der Waals surface area contributed by atoms with E-state index in [9.17, 15) is 17.4 Å². The van der Waals surface area contributed by atoms with Crippen molar-refractivity contribution in [1.82, 2.24) is 24.7 Å². The molecule has 3 aromatic heterocycles. The SMILES string of the molecule is CC[S@@](=O)c1cc(OC(C)(C)C#N)cnc1-c1nc2cc(C(F)(F)F)nnc2n1C. The molecule has 0 aromatic carbocycles. The van der Waals surface area contributed by atoms with E-state index >= 15 is 0 Å². The second-order valence-electron chi connectivity index (χ2n) is 6.81. The average molecular weight is 438 g/mol. The molecule has 0 aliphatic carbocycles. The number of halogens is 3. The van der Waals surface area contributed by atoms with Crippen molar-refractivity contribution in [2.45, 2.75) is 37.4 Å². The first-order chi connectivity index (χ1) is 14.0. The normalized spacial score (nSPS) is 13.3. The Kier molecular flexibility index (Phi) is 5.51. The Bertz CT molecular complexity index is 1180. The molecule has 0 radical (unpaired) electrons. The number of aromatic nitrogens is 5. The molecular formula is C18H17F3N6O2S. The van der Waals surface area contributed by atoms with E-state index in [1.807, 2.05) is 6.07 Å². The molecule has 0 aliphatic heterocycles. The molecule has 0 bridgehead atoms. The monoisotopic (exact) mass is 438 g/mol. The molecular weight excluding hydrogens is 421 g/mol. The Morgan fingerprint density at radius 3 is 2.57 bits per heavy atom. The van der Waals surface area contributed by atoms with Crippen LogP contribution in [0.4, 0.5) is 13.2 Å². The summed E-state index contributed by atoms with van der Waals surface area (Å²) in [6.45, 7) is 4.85. The van der Waals surface area contributed by atoms with Crippen LogP contribution in [0.15, 0.2) is 23.2 Å². The van der Waals surface area contributed by atoms with E-state index in [0.29, 0.717) is 0 Å². The van der Waals surface area contributed by atoms with Crippen LogP contribution in [-0.2, 0) is 24.0 Å². The molecule has 8 nitrogen and oxygen atoms in total. The molecule has 0 spiro atoms. The standard InChI is InChI=1S/C18H17F3N6O2S/c1-5-30(28)12-6-10(29-17(2,3)9-22)8-23-14(12)16-24-11-7-13(18(19,20)21)25-26-15(11)27(16)4/h6-8H,5H2,1-4H3/t30-/m1/s1. The third kappa shape index (κ3) is 4.11. The van der Waals surface area contributed by atoms with Gasteiger partial charge in [0.2, 0.25) is 0 Å². The number of imidazole rings is 1. The van der Waals surface area contributed by atoms with Crippen molar-refractivity contribution in [2.24, 2.45) is 7.05 Å². The predicted molar refractivity (Wildman–Crippen MR) is 102 cm³/mol. The van der Waals surface area contributed by atoms with E-state index in [-0.39, 0.29) is 39.1 Å². The summed E-state index contributed by atoms with van der Waals surface area (Å²) in [5.41, 5.74) is -1.97. The van der Waals surface area contributed by atoms with Crippen LogP contribution in [0.5, 0.6) is 5.75 Å². The second kappa shape index (κ2) is 7.64. The van der Waals surface area contributed by atoms with Gasteiger partial charge in [-0.25, -0.2) is 9.97 Å². The molecule has 3 heterocycles. The highest BCUT2D eigenvalue weighted by Gasteiger charge is 2.34. The zero-order valence-corrected chi connectivity index (χ0v) is 17.3. The largest absolute Gasteiger partial charge is 0.471 e. The molecule has 0 N–H and O–H groups in total. The number of ether oxygens (including phenoxy) is 1. The molecule has 3 rings (SSSR count). The number of rotatable bonds is 5. The van der Waals surface area contributed by atoms with Gasteiger partial charge in [-0.15, -0.1) is 10.2 Å². The van der Waals surface area contributed by atoms with Crippen LogP contribution in [-0.4, -0.2) is 40.3 Å². The number of hydrogen-bond donors (Lipinski definition) is 0. The third-order valence-electron chi connectivity index (χ3n) is 4.10. The molecule has 158 valence electrons. The van der Waals surface area contributed by atoms with Crippen LogP contribution < -0.4 is 4.74 Å². The number of hydrogen-bond acceptors (Lipinski definition) is 7. The number of alkyl halides is 3. The smallest absolute Gasteiger partial charge is 0.435 e. The maximum Gasteiger partial charge on any atom is 0.435 e. The lowest BCUT2D eigenvalue weighted by Gasteiger charge is -2.19. The lowest BCUT2D eigenvalue weighted by Crippen LogP contribution is -2.25. The van der Waals surface area contributed by atoms with Gasteiger partial charge < -0.3 is 9.30 Å². The minimum absolute atomic E-state index is 0.0178. The van der Waals surface area contributed by atoms with Crippen LogP contribution in [0.2, 0.25) is 0 Å². The minimum Gasteiger partial charge on any atom is -0.471 e. The van der Waals surface area contributed by atoms with Gasteiger partial charge in [-0.3, -0.25) is 4.21 Å². The number of nitrogens with zero attached hydrogens (tertiary/aromatic N) is 6. The van der Waals surface area contributed by atoms with Crippen LogP contribution >= 0.6 is 0 Å². The van der Waals surface area contributed by atoms with Gasteiger partial charge in [-0.2, -0.15) is 18.4 Å². The van der Waals surface area contributed by atoms with Gasteiger partial charge in [0, 0.05) is 24.9 Å². The highest BCUT2D eigenvalue weighted by molar-refractivity contribution is 7.85. The molecule has 30 heavy (non-hydrogen) atoms. The Labute approximate surface area is 172 Å². The quantitative estimate of drug-likeness (QED) is 0.602. The Balaban J connectivity index is 2.17. The molecule has 3 aromatic rings. The Hall–Kier alpha value is -3.07. The summed E-state index contributed by atoms with van der Waals surface area (Å²) in [7, 11) is 0.0655. The fourth-order valence-corrected chi connectivity index (χ4v) is 3.55. The van der Waals surface area contributed by atoms with Crippen LogP contribution in [0.25, 0.3) is 22.7 Å². The van der Waals surface area contributed by atoms with Crippen molar-refractivity contribution in [1.29, 1.82) is 5.26 Å². The van der Waals surface area contributed by atoms with Crippen molar-refractivity contribution in [3.05, 3.63) is 24.0 Å². The average Bonchev–Trinajstić information content (AvgIpc) is 3.02. The van der Waals surface area contributed by atoms with Crippen molar-refractivity contribution in [2.75, 3.05) is 5.75 Å². The van der Waals surface area contributed by atoms with E-state index in [4.69, 9.17) is 10.00 Å². The van der Waals surface area contributed by atoms with Crippen molar-refractivity contribution < 1.29 is 22.1 Å². The molecule has 12 heteroatoms. The summed E-state index contributed by atoms with van der Waals surface area (Å²) < 4.78 is 58.5.